The lowest BCUT2D eigenvalue weighted by Crippen LogP contribution is -2.47. The maximum atomic E-state index is 10.9. The summed E-state index contributed by atoms with van der Waals surface area (Å²) >= 11 is 0. The maximum absolute atomic E-state index is 10.9. The van der Waals surface area contributed by atoms with Crippen molar-refractivity contribution in [1.82, 2.24) is 5.32 Å². The van der Waals surface area contributed by atoms with Gasteiger partial charge < -0.3 is 15.5 Å². The van der Waals surface area contributed by atoms with Crippen LogP contribution >= 0.6 is 0 Å². The van der Waals surface area contributed by atoms with Crippen molar-refractivity contribution in [2.75, 3.05) is 6.54 Å². The third-order valence-corrected chi connectivity index (χ3v) is 4.59. The van der Waals surface area contributed by atoms with Crippen molar-refractivity contribution in [2.45, 2.75) is 69.4 Å². The number of carbonyl (C=O) groups is 1. The van der Waals surface area contributed by atoms with Gasteiger partial charge in [0, 0.05) is 12.6 Å². The van der Waals surface area contributed by atoms with Crippen LogP contribution in [0.2, 0.25) is 0 Å². The van der Waals surface area contributed by atoms with Crippen LogP contribution < -0.4 is 5.32 Å². The molecule has 0 spiro atoms. The van der Waals surface area contributed by atoms with Gasteiger partial charge in [0.25, 0.3) is 0 Å². The van der Waals surface area contributed by atoms with E-state index in [0.717, 1.165) is 0 Å². The van der Waals surface area contributed by atoms with Crippen LogP contribution in [0.3, 0.4) is 0 Å². The Morgan fingerprint density at radius 1 is 1.11 bits per heavy atom. The molecule has 0 aromatic carbocycles. The molecule has 2 aliphatic carbocycles. The average molecular weight is 255 g/mol. The minimum atomic E-state index is -0.711. The molecule has 0 bridgehead atoms. The maximum Gasteiger partial charge on any atom is 0.306 e. The van der Waals surface area contributed by atoms with Crippen molar-refractivity contribution in [3.05, 3.63) is 0 Å². The van der Waals surface area contributed by atoms with E-state index in [9.17, 15) is 9.90 Å². The molecule has 0 radical (unpaired) electrons. The van der Waals surface area contributed by atoms with Crippen molar-refractivity contribution in [1.29, 1.82) is 0 Å². The van der Waals surface area contributed by atoms with Gasteiger partial charge in [-0.1, -0.05) is 19.3 Å². The molecule has 0 unspecified atom stereocenters. The summed E-state index contributed by atoms with van der Waals surface area (Å²) in [4.78, 5) is 10.9. The number of carboxylic acid groups (broad SMARTS) is 1. The number of nitrogens with one attached hydrogen (secondary N) is 1. The summed E-state index contributed by atoms with van der Waals surface area (Å²) in [5.74, 6) is -0.961. The van der Waals surface area contributed by atoms with Crippen molar-refractivity contribution in [3.63, 3.8) is 0 Å². The van der Waals surface area contributed by atoms with Crippen molar-refractivity contribution in [2.24, 2.45) is 5.92 Å². The summed E-state index contributed by atoms with van der Waals surface area (Å²) in [5, 5.41) is 22.9. The topological polar surface area (TPSA) is 69.6 Å². The molecular weight excluding hydrogens is 230 g/mol. The third-order valence-electron chi connectivity index (χ3n) is 4.59. The van der Waals surface area contributed by atoms with Crippen LogP contribution in [0.4, 0.5) is 0 Å². The highest BCUT2D eigenvalue weighted by atomic mass is 16.4. The van der Waals surface area contributed by atoms with Crippen LogP contribution in [-0.2, 0) is 4.79 Å². The molecule has 3 N–H and O–H groups in total. The fourth-order valence-electron chi connectivity index (χ4n) is 3.22. The summed E-state index contributed by atoms with van der Waals surface area (Å²) in [6.07, 6.45) is 8.79. The monoisotopic (exact) mass is 255 g/mol. The first-order chi connectivity index (χ1) is 8.59. The van der Waals surface area contributed by atoms with Gasteiger partial charge in [0.1, 0.15) is 0 Å². The molecular formula is C14H25NO3. The summed E-state index contributed by atoms with van der Waals surface area (Å²) in [7, 11) is 0. The zero-order valence-corrected chi connectivity index (χ0v) is 11.0. The van der Waals surface area contributed by atoms with Gasteiger partial charge in [-0.2, -0.15) is 0 Å². The Kier molecular flexibility index (Phi) is 4.62. The lowest BCUT2D eigenvalue weighted by molar-refractivity contribution is -0.144. The number of hydrogen-bond donors (Lipinski definition) is 3. The zero-order chi connectivity index (χ0) is 13.0. The van der Waals surface area contributed by atoms with Crippen LogP contribution in [-0.4, -0.2) is 34.4 Å². The SMILES string of the molecule is O=C(O)C1CCC(O)(CNC2CCCCC2)CC1. The van der Waals surface area contributed by atoms with Crippen LogP contribution in [0.25, 0.3) is 0 Å². The molecule has 18 heavy (non-hydrogen) atoms. The van der Waals surface area contributed by atoms with Gasteiger partial charge >= 0.3 is 5.97 Å². The Morgan fingerprint density at radius 3 is 2.28 bits per heavy atom. The predicted molar refractivity (Wildman–Crippen MR) is 69.4 cm³/mol. The summed E-state index contributed by atoms with van der Waals surface area (Å²) < 4.78 is 0. The highest BCUT2D eigenvalue weighted by Gasteiger charge is 2.35. The minimum absolute atomic E-state index is 0.250. The highest BCUT2D eigenvalue weighted by Crippen LogP contribution is 2.32. The Bertz CT molecular complexity index is 279. The summed E-state index contributed by atoms with van der Waals surface area (Å²) in [6, 6.07) is 0.556. The van der Waals surface area contributed by atoms with E-state index in [4.69, 9.17) is 5.11 Å². The van der Waals surface area contributed by atoms with Gasteiger partial charge in [0.05, 0.1) is 11.5 Å². The first-order valence-electron chi connectivity index (χ1n) is 7.28. The molecule has 104 valence electrons. The van der Waals surface area contributed by atoms with E-state index in [1.54, 1.807) is 0 Å². The van der Waals surface area contributed by atoms with Gasteiger partial charge in [0.15, 0.2) is 0 Å². The molecule has 0 saturated heterocycles. The van der Waals surface area contributed by atoms with Crippen molar-refractivity contribution in [3.8, 4) is 0 Å². The van der Waals surface area contributed by atoms with Crippen LogP contribution in [0, 0.1) is 5.92 Å². The molecule has 0 aromatic rings. The van der Waals surface area contributed by atoms with Crippen LogP contribution in [0.1, 0.15) is 57.8 Å². The first-order valence-corrected chi connectivity index (χ1v) is 7.28. The normalized spacial score (nSPS) is 34.4. The number of hydrogen-bond acceptors (Lipinski definition) is 3. The predicted octanol–water partition coefficient (Wildman–Crippen LogP) is 1.91. The second-order valence-corrected chi connectivity index (χ2v) is 6.05. The van der Waals surface area contributed by atoms with E-state index in [1.807, 2.05) is 0 Å². The van der Waals surface area contributed by atoms with E-state index >= 15 is 0 Å². The molecule has 2 saturated carbocycles. The van der Waals surface area contributed by atoms with Gasteiger partial charge in [-0.3, -0.25) is 4.79 Å². The molecule has 2 aliphatic rings. The Hall–Kier alpha value is -0.610. The Balaban J connectivity index is 1.73. The van der Waals surface area contributed by atoms with Crippen molar-refractivity contribution >= 4 is 5.97 Å². The standard InChI is InChI=1S/C14H25NO3/c16-13(17)11-6-8-14(18,9-7-11)10-15-12-4-2-1-3-5-12/h11-12,15,18H,1-10H2,(H,16,17). The molecule has 2 rings (SSSR count). The third kappa shape index (κ3) is 3.69. The van der Waals surface area contributed by atoms with E-state index < -0.39 is 11.6 Å². The molecule has 0 aliphatic heterocycles. The number of rotatable bonds is 4. The molecule has 2 fully saturated rings. The van der Waals surface area contributed by atoms with E-state index in [-0.39, 0.29) is 5.92 Å². The molecule has 0 amide bonds. The van der Waals surface area contributed by atoms with Gasteiger partial charge in [-0.15, -0.1) is 0 Å². The first kappa shape index (κ1) is 13.8. The average Bonchev–Trinajstić information content (AvgIpc) is 2.38. The highest BCUT2D eigenvalue weighted by molar-refractivity contribution is 5.70. The molecule has 0 atom stereocenters. The molecule has 4 heteroatoms. The Morgan fingerprint density at radius 2 is 1.72 bits per heavy atom. The van der Waals surface area contributed by atoms with Gasteiger partial charge in [0.2, 0.25) is 0 Å². The second kappa shape index (κ2) is 6.02. The van der Waals surface area contributed by atoms with Crippen LogP contribution in [0.15, 0.2) is 0 Å². The molecule has 4 nitrogen and oxygen atoms in total. The largest absolute Gasteiger partial charge is 0.481 e. The van der Waals surface area contributed by atoms with Crippen LogP contribution in [0.5, 0.6) is 0 Å². The minimum Gasteiger partial charge on any atom is -0.481 e. The smallest absolute Gasteiger partial charge is 0.306 e. The van der Waals surface area contributed by atoms with Gasteiger partial charge in [-0.25, -0.2) is 0 Å². The quantitative estimate of drug-likeness (QED) is 0.718. The van der Waals surface area contributed by atoms with E-state index in [2.05, 4.69) is 5.32 Å². The Labute approximate surface area is 109 Å². The number of carboxylic acids is 1. The lowest BCUT2D eigenvalue weighted by Gasteiger charge is -2.36. The lowest BCUT2D eigenvalue weighted by atomic mass is 9.78. The fourth-order valence-corrected chi connectivity index (χ4v) is 3.22. The van der Waals surface area contributed by atoms with E-state index in [0.29, 0.717) is 38.3 Å². The van der Waals surface area contributed by atoms with E-state index in [1.165, 1.54) is 32.1 Å². The molecule has 0 aromatic heterocycles. The summed E-state index contributed by atoms with van der Waals surface area (Å²) in [6.45, 7) is 0.629. The van der Waals surface area contributed by atoms with Crippen molar-refractivity contribution < 1.29 is 15.0 Å². The fraction of sp³-hybridized carbons (Fsp3) is 0.929. The second-order valence-electron chi connectivity index (χ2n) is 6.05. The molecule has 0 heterocycles. The number of aliphatic hydroxyl groups is 1. The zero-order valence-electron chi connectivity index (χ0n) is 11.0. The summed E-state index contributed by atoms with van der Waals surface area (Å²) in [5.41, 5.74) is -0.677. The number of aliphatic carboxylic acids is 1. The van der Waals surface area contributed by atoms with Gasteiger partial charge in [-0.05, 0) is 38.5 Å².